The van der Waals surface area contributed by atoms with E-state index in [1.807, 2.05) is 0 Å². The fourth-order valence-electron chi connectivity index (χ4n) is 2.70. The van der Waals surface area contributed by atoms with Crippen molar-refractivity contribution < 1.29 is 18.1 Å². The lowest BCUT2D eigenvalue weighted by Crippen LogP contribution is -2.47. The minimum Gasteiger partial charge on any atom is -0.387 e. The van der Waals surface area contributed by atoms with Gasteiger partial charge < -0.3 is 5.11 Å². The minimum atomic E-state index is -1.53. The van der Waals surface area contributed by atoms with Gasteiger partial charge in [0.15, 0.2) is 0 Å². The van der Waals surface area contributed by atoms with Crippen LogP contribution >= 0.6 is 0 Å². The molecule has 0 amide bonds. The highest BCUT2D eigenvalue weighted by Crippen LogP contribution is 2.34. The molecule has 1 aromatic heterocycles. The van der Waals surface area contributed by atoms with Crippen molar-refractivity contribution in [3.63, 3.8) is 0 Å². The van der Waals surface area contributed by atoms with Crippen molar-refractivity contribution in [1.82, 2.24) is 14.5 Å². The van der Waals surface area contributed by atoms with Crippen molar-refractivity contribution in [3.8, 4) is 0 Å². The van der Waals surface area contributed by atoms with Gasteiger partial charge in [-0.3, -0.25) is 4.68 Å². The molecule has 0 aliphatic heterocycles. The molecule has 2 rings (SSSR count). The van der Waals surface area contributed by atoms with E-state index in [2.05, 4.69) is 9.82 Å². The van der Waals surface area contributed by atoms with E-state index in [-0.39, 0.29) is 12.0 Å². The Morgan fingerprint density at radius 3 is 2.42 bits per heavy atom. The summed E-state index contributed by atoms with van der Waals surface area (Å²) in [5.41, 5.74) is -0.514. The Morgan fingerprint density at radius 2 is 1.92 bits per heavy atom. The van der Waals surface area contributed by atoms with Crippen molar-refractivity contribution >= 4 is 11.0 Å². The van der Waals surface area contributed by atoms with Crippen LogP contribution in [0.3, 0.4) is 0 Å². The molecule has 0 fully saturated rings. The molecular formula is C18H25F2N3O2S. The highest BCUT2D eigenvalue weighted by molar-refractivity contribution is 7.84. The highest BCUT2D eigenvalue weighted by Gasteiger charge is 2.37. The number of nitrogens with one attached hydrogen (secondary N) is 1. The first-order valence-electron chi connectivity index (χ1n) is 8.25. The molecule has 0 bridgehead atoms. The van der Waals surface area contributed by atoms with E-state index in [1.54, 1.807) is 47.0 Å². The predicted molar refractivity (Wildman–Crippen MR) is 97.5 cm³/mol. The maximum atomic E-state index is 14.5. The molecule has 2 N–H and O–H groups in total. The van der Waals surface area contributed by atoms with Gasteiger partial charge in [0.05, 0.1) is 33.1 Å². The van der Waals surface area contributed by atoms with E-state index in [4.69, 9.17) is 0 Å². The summed E-state index contributed by atoms with van der Waals surface area (Å²) in [6.45, 7) is 7.01. The van der Waals surface area contributed by atoms with Crippen LogP contribution in [0, 0.1) is 11.6 Å². The summed E-state index contributed by atoms with van der Waals surface area (Å²) in [6.07, 6.45) is 0.591. The van der Waals surface area contributed by atoms with Crippen LogP contribution in [-0.4, -0.2) is 23.8 Å². The zero-order valence-electron chi connectivity index (χ0n) is 15.6. The van der Waals surface area contributed by atoms with Gasteiger partial charge in [-0.1, -0.05) is 6.07 Å². The third kappa shape index (κ3) is 4.55. The van der Waals surface area contributed by atoms with Crippen LogP contribution in [0.1, 0.15) is 51.5 Å². The molecule has 26 heavy (non-hydrogen) atoms. The average Bonchev–Trinajstić information content (AvgIpc) is 2.92. The topological polar surface area (TPSA) is 67.2 Å². The van der Waals surface area contributed by atoms with Gasteiger partial charge in [0.2, 0.25) is 0 Å². The third-order valence-electron chi connectivity index (χ3n) is 4.20. The van der Waals surface area contributed by atoms with Gasteiger partial charge in [-0.15, -0.1) is 0 Å². The maximum absolute atomic E-state index is 14.5. The Bertz CT molecular complexity index is 804. The first-order chi connectivity index (χ1) is 11.9. The van der Waals surface area contributed by atoms with Crippen molar-refractivity contribution in [2.45, 2.75) is 50.5 Å². The molecule has 0 radical (unpaired) electrons. The summed E-state index contributed by atoms with van der Waals surface area (Å²) in [5, 5.41) is 14.7. The number of hydrogen-bond acceptors (Lipinski definition) is 3. The molecule has 0 aliphatic rings. The number of benzene rings is 1. The van der Waals surface area contributed by atoms with Crippen molar-refractivity contribution in [2.24, 2.45) is 7.05 Å². The highest BCUT2D eigenvalue weighted by atomic mass is 32.2. The third-order valence-corrected chi connectivity index (χ3v) is 5.95. The van der Waals surface area contributed by atoms with E-state index in [0.29, 0.717) is 5.69 Å². The lowest BCUT2D eigenvalue weighted by Gasteiger charge is -2.35. The zero-order chi connectivity index (χ0) is 19.7. The lowest BCUT2D eigenvalue weighted by molar-refractivity contribution is 0.123. The van der Waals surface area contributed by atoms with E-state index >= 15 is 0 Å². The van der Waals surface area contributed by atoms with Gasteiger partial charge in [-0.05, 0) is 39.8 Å². The fraction of sp³-hybridized carbons (Fsp3) is 0.500. The fourth-order valence-corrected chi connectivity index (χ4v) is 3.61. The van der Waals surface area contributed by atoms with Gasteiger partial charge in [0.1, 0.15) is 11.6 Å². The zero-order valence-corrected chi connectivity index (χ0v) is 16.4. The SMILES string of the molecule is Cn1nccc1[C@H](O)C[C@](C)(NS(=O)C(C)(C)C)c1ccc(F)cc1F. The number of halogens is 2. The van der Waals surface area contributed by atoms with Gasteiger partial charge in [0, 0.05) is 31.3 Å². The summed E-state index contributed by atoms with van der Waals surface area (Å²) >= 11 is 0. The number of aliphatic hydroxyl groups excluding tert-OH is 1. The molecule has 144 valence electrons. The smallest absolute Gasteiger partial charge is 0.131 e. The summed E-state index contributed by atoms with van der Waals surface area (Å²) in [6, 6.07) is 4.90. The minimum absolute atomic E-state index is 0.0247. The molecule has 0 aliphatic carbocycles. The predicted octanol–water partition coefficient (Wildman–Crippen LogP) is 3.09. The lowest BCUT2D eigenvalue weighted by atomic mass is 9.86. The monoisotopic (exact) mass is 385 g/mol. The van der Waals surface area contributed by atoms with Crippen LogP contribution in [0.2, 0.25) is 0 Å². The Morgan fingerprint density at radius 1 is 1.27 bits per heavy atom. The molecule has 0 saturated heterocycles. The Balaban J connectivity index is 2.44. The van der Waals surface area contributed by atoms with E-state index in [9.17, 15) is 18.1 Å². The normalized spacial score (nSPS) is 16.9. The molecule has 8 heteroatoms. The van der Waals surface area contributed by atoms with Crippen LogP contribution < -0.4 is 4.72 Å². The molecule has 1 heterocycles. The van der Waals surface area contributed by atoms with Crippen molar-refractivity contribution in [2.75, 3.05) is 0 Å². The summed E-state index contributed by atoms with van der Waals surface area (Å²) in [5.74, 6) is -1.46. The van der Waals surface area contributed by atoms with Gasteiger partial charge >= 0.3 is 0 Å². The number of aryl methyl sites for hydroxylation is 1. The molecule has 0 saturated carbocycles. The molecule has 1 aromatic carbocycles. The number of rotatable bonds is 6. The van der Waals surface area contributed by atoms with Crippen LogP contribution in [0.4, 0.5) is 8.78 Å². The summed E-state index contributed by atoms with van der Waals surface area (Å²) in [7, 11) is 0.156. The largest absolute Gasteiger partial charge is 0.387 e. The summed E-state index contributed by atoms with van der Waals surface area (Å²) < 4.78 is 44.4. The van der Waals surface area contributed by atoms with Crippen molar-refractivity contribution in [1.29, 1.82) is 0 Å². The molecule has 2 aromatic rings. The standard InChI is InChI=1S/C18H25F2N3O2S/c1-17(2,3)26(25)22-18(4,13-7-6-12(19)10-14(13)20)11-16(24)15-8-9-21-23(15)5/h6-10,16,22,24H,11H2,1-5H3/t16-,18+,26?/m1/s1. The second kappa shape index (κ2) is 7.54. The van der Waals surface area contributed by atoms with Gasteiger partial charge in [-0.25, -0.2) is 17.7 Å². The van der Waals surface area contributed by atoms with Crippen LogP contribution in [-0.2, 0) is 23.6 Å². The molecule has 1 unspecified atom stereocenters. The Hall–Kier alpha value is -1.64. The quantitative estimate of drug-likeness (QED) is 0.803. The van der Waals surface area contributed by atoms with E-state index in [1.165, 1.54) is 10.7 Å². The average molecular weight is 385 g/mol. The summed E-state index contributed by atoms with van der Waals surface area (Å²) in [4.78, 5) is 0. The first-order valence-corrected chi connectivity index (χ1v) is 9.40. The number of aromatic nitrogens is 2. The molecule has 0 spiro atoms. The van der Waals surface area contributed by atoms with Crippen LogP contribution in [0.15, 0.2) is 30.5 Å². The number of nitrogens with zero attached hydrogens (tertiary/aromatic N) is 2. The maximum Gasteiger partial charge on any atom is 0.131 e. The molecule has 3 atom stereocenters. The van der Waals surface area contributed by atoms with E-state index < -0.39 is 39.0 Å². The second-order valence-electron chi connectivity index (χ2n) is 7.54. The number of hydrogen-bond donors (Lipinski definition) is 2. The molecular weight excluding hydrogens is 360 g/mol. The second-order valence-corrected chi connectivity index (χ2v) is 9.51. The first kappa shape index (κ1) is 20.7. The number of aliphatic hydroxyl groups is 1. The van der Waals surface area contributed by atoms with Gasteiger partial charge in [0.25, 0.3) is 0 Å². The van der Waals surface area contributed by atoms with Crippen LogP contribution in [0.25, 0.3) is 0 Å². The Kier molecular flexibility index (Phi) is 5.99. The van der Waals surface area contributed by atoms with Gasteiger partial charge in [-0.2, -0.15) is 5.10 Å². The van der Waals surface area contributed by atoms with Crippen molar-refractivity contribution in [3.05, 3.63) is 53.4 Å². The van der Waals surface area contributed by atoms with Crippen LogP contribution in [0.5, 0.6) is 0 Å². The molecule has 5 nitrogen and oxygen atoms in total. The Labute approximate surface area is 155 Å². The van der Waals surface area contributed by atoms with E-state index in [0.717, 1.165) is 12.1 Å².